The quantitative estimate of drug-likeness (QED) is 0.756. The van der Waals surface area contributed by atoms with Crippen LogP contribution in [0.1, 0.15) is 32.2 Å². The van der Waals surface area contributed by atoms with Crippen LogP contribution in [0.5, 0.6) is 0 Å². The average Bonchev–Trinajstić information content (AvgIpc) is 3.13. The Morgan fingerprint density at radius 3 is 2.88 bits per heavy atom. The third kappa shape index (κ3) is 2.89. The molecule has 1 aliphatic rings. The van der Waals surface area contributed by atoms with Gasteiger partial charge in [0.1, 0.15) is 0 Å². The van der Waals surface area contributed by atoms with E-state index in [9.17, 15) is 4.79 Å². The van der Waals surface area contributed by atoms with Crippen LogP contribution in [0.4, 0.5) is 5.82 Å². The van der Waals surface area contributed by atoms with Crippen molar-refractivity contribution in [3.8, 4) is 0 Å². The molecule has 0 aromatic carbocycles. The van der Waals surface area contributed by atoms with Crippen LogP contribution >= 0.6 is 15.9 Å². The molecule has 1 fully saturated rings. The molecule has 1 aromatic rings. The molecule has 1 aromatic heterocycles. The Kier molecular flexibility index (Phi) is 4.20. The van der Waals surface area contributed by atoms with Crippen molar-refractivity contribution in [3.05, 3.63) is 22.7 Å². The molecule has 0 bridgehead atoms. The number of anilines is 1. The molecule has 17 heavy (non-hydrogen) atoms. The van der Waals surface area contributed by atoms with E-state index in [1.54, 1.807) is 6.20 Å². The second-order valence-corrected chi connectivity index (χ2v) is 5.16. The topological polar surface area (TPSA) is 38.1 Å². The van der Waals surface area contributed by atoms with Gasteiger partial charge in [-0.1, -0.05) is 22.9 Å². The molecule has 94 valence electrons. The van der Waals surface area contributed by atoms with Crippen molar-refractivity contribution >= 4 is 21.7 Å². The molecule has 0 unspecified atom stereocenters. The van der Waals surface area contributed by atoms with Gasteiger partial charge >= 0.3 is 0 Å². The molecule has 0 spiro atoms. The van der Waals surface area contributed by atoms with Gasteiger partial charge in [-0.15, -0.1) is 0 Å². The van der Waals surface area contributed by atoms with E-state index in [1.807, 2.05) is 10.8 Å². The molecular weight excluding hydrogens is 282 g/mol. The van der Waals surface area contributed by atoms with E-state index in [0.717, 1.165) is 37.7 Å². The summed E-state index contributed by atoms with van der Waals surface area (Å²) in [6, 6.07) is 0.414. The predicted octanol–water partition coefficient (Wildman–Crippen LogP) is 2.19. The van der Waals surface area contributed by atoms with Crippen molar-refractivity contribution < 1.29 is 0 Å². The molecule has 5 heteroatoms. The van der Waals surface area contributed by atoms with E-state index in [-0.39, 0.29) is 5.56 Å². The Hall–Kier alpha value is -0.840. The Morgan fingerprint density at radius 1 is 1.53 bits per heavy atom. The highest BCUT2D eigenvalue weighted by Gasteiger charge is 2.26. The number of hydrogen-bond donors (Lipinski definition) is 0. The van der Waals surface area contributed by atoms with E-state index in [2.05, 4.69) is 32.7 Å². The van der Waals surface area contributed by atoms with Crippen molar-refractivity contribution in [2.24, 2.45) is 0 Å². The standard InChI is InChI=1S/C12H18BrN3O/c1-2-7-15(8-5-13)11-12(17)16(9-6-14-11)10-3-4-10/h6,9-10H,2-5,7-8H2,1H3. The van der Waals surface area contributed by atoms with E-state index < -0.39 is 0 Å². The van der Waals surface area contributed by atoms with Gasteiger partial charge in [0.2, 0.25) is 0 Å². The molecular formula is C12H18BrN3O. The van der Waals surface area contributed by atoms with Crippen LogP contribution < -0.4 is 10.5 Å². The number of nitrogens with zero attached hydrogens (tertiary/aromatic N) is 3. The molecule has 0 amide bonds. The first-order valence-corrected chi connectivity index (χ1v) is 7.28. The summed E-state index contributed by atoms with van der Waals surface area (Å²) in [4.78, 5) is 18.6. The average molecular weight is 300 g/mol. The second-order valence-electron chi connectivity index (χ2n) is 4.37. The first kappa shape index (κ1) is 12.6. The minimum absolute atomic E-state index is 0.0596. The second kappa shape index (κ2) is 5.67. The van der Waals surface area contributed by atoms with Gasteiger partial charge in [-0.2, -0.15) is 0 Å². The molecule has 0 saturated heterocycles. The highest BCUT2D eigenvalue weighted by molar-refractivity contribution is 9.09. The van der Waals surface area contributed by atoms with Crippen LogP contribution in [-0.4, -0.2) is 28.0 Å². The summed E-state index contributed by atoms with van der Waals surface area (Å²) in [5, 5.41) is 0.854. The number of alkyl halides is 1. The number of hydrogen-bond acceptors (Lipinski definition) is 3. The summed E-state index contributed by atoms with van der Waals surface area (Å²) in [5.74, 6) is 0.598. The van der Waals surface area contributed by atoms with Gasteiger partial charge in [0.25, 0.3) is 5.56 Å². The number of rotatable bonds is 6. The fraction of sp³-hybridized carbons (Fsp3) is 0.667. The first-order valence-electron chi connectivity index (χ1n) is 6.16. The highest BCUT2D eigenvalue weighted by Crippen LogP contribution is 2.33. The molecule has 0 radical (unpaired) electrons. The summed E-state index contributed by atoms with van der Waals surface area (Å²) in [6.45, 7) is 3.82. The van der Waals surface area contributed by atoms with E-state index in [1.165, 1.54) is 0 Å². The Bertz CT molecular complexity index is 422. The zero-order chi connectivity index (χ0) is 12.3. The lowest BCUT2D eigenvalue weighted by atomic mass is 10.4. The molecule has 1 saturated carbocycles. The van der Waals surface area contributed by atoms with E-state index >= 15 is 0 Å². The van der Waals surface area contributed by atoms with Crippen LogP contribution in [-0.2, 0) is 0 Å². The van der Waals surface area contributed by atoms with Gasteiger partial charge in [0.05, 0.1) is 0 Å². The van der Waals surface area contributed by atoms with Crippen LogP contribution in [0.25, 0.3) is 0 Å². The Balaban J connectivity index is 2.28. The maximum atomic E-state index is 12.3. The van der Waals surface area contributed by atoms with Crippen LogP contribution in [0.3, 0.4) is 0 Å². The zero-order valence-corrected chi connectivity index (χ0v) is 11.7. The van der Waals surface area contributed by atoms with Gasteiger partial charge in [-0.05, 0) is 19.3 Å². The molecule has 0 aliphatic heterocycles. The van der Waals surface area contributed by atoms with Crippen LogP contribution in [0, 0.1) is 0 Å². The third-order valence-electron chi connectivity index (χ3n) is 2.94. The van der Waals surface area contributed by atoms with Crippen molar-refractivity contribution in [2.45, 2.75) is 32.2 Å². The minimum Gasteiger partial charge on any atom is -0.351 e. The van der Waals surface area contributed by atoms with Gasteiger partial charge in [0, 0.05) is 36.9 Å². The predicted molar refractivity (Wildman–Crippen MR) is 73.1 cm³/mol. The molecule has 1 heterocycles. The Morgan fingerprint density at radius 2 is 2.29 bits per heavy atom. The largest absolute Gasteiger partial charge is 0.351 e. The number of aromatic nitrogens is 2. The van der Waals surface area contributed by atoms with Crippen molar-refractivity contribution in [2.75, 3.05) is 23.3 Å². The normalized spacial score (nSPS) is 14.9. The minimum atomic E-state index is 0.0596. The van der Waals surface area contributed by atoms with E-state index in [0.29, 0.717) is 11.9 Å². The first-order chi connectivity index (χ1) is 8.27. The fourth-order valence-electron chi connectivity index (χ4n) is 1.97. The SMILES string of the molecule is CCCN(CCBr)c1nccn(C2CC2)c1=O. The van der Waals surface area contributed by atoms with Gasteiger partial charge in [0.15, 0.2) is 5.82 Å². The summed E-state index contributed by atoms with van der Waals surface area (Å²) in [7, 11) is 0. The van der Waals surface area contributed by atoms with Crippen LogP contribution in [0.2, 0.25) is 0 Å². The Labute approximate surface area is 110 Å². The monoisotopic (exact) mass is 299 g/mol. The van der Waals surface area contributed by atoms with Gasteiger partial charge in [-0.3, -0.25) is 4.79 Å². The highest BCUT2D eigenvalue weighted by atomic mass is 79.9. The van der Waals surface area contributed by atoms with E-state index in [4.69, 9.17) is 0 Å². The maximum absolute atomic E-state index is 12.3. The summed E-state index contributed by atoms with van der Waals surface area (Å²) in [6.07, 6.45) is 6.81. The zero-order valence-electron chi connectivity index (χ0n) is 10.1. The van der Waals surface area contributed by atoms with Crippen molar-refractivity contribution in [3.63, 3.8) is 0 Å². The maximum Gasteiger partial charge on any atom is 0.293 e. The van der Waals surface area contributed by atoms with Gasteiger partial charge < -0.3 is 9.47 Å². The summed E-state index contributed by atoms with van der Waals surface area (Å²) in [5.41, 5.74) is 0.0596. The van der Waals surface area contributed by atoms with Crippen molar-refractivity contribution in [1.82, 2.24) is 9.55 Å². The summed E-state index contributed by atoms with van der Waals surface area (Å²) >= 11 is 3.42. The molecule has 0 N–H and O–H groups in total. The summed E-state index contributed by atoms with van der Waals surface area (Å²) < 4.78 is 1.83. The number of halogens is 1. The molecule has 1 aliphatic carbocycles. The van der Waals surface area contributed by atoms with Crippen LogP contribution in [0.15, 0.2) is 17.2 Å². The molecule has 2 rings (SSSR count). The molecule has 0 atom stereocenters. The lowest BCUT2D eigenvalue weighted by Crippen LogP contribution is -2.35. The molecule has 4 nitrogen and oxygen atoms in total. The smallest absolute Gasteiger partial charge is 0.293 e. The lowest BCUT2D eigenvalue weighted by Gasteiger charge is -2.21. The third-order valence-corrected chi connectivity index (χ3v) is 3.29. The lowest BCUT2D eigenvalue weighted by molar-refractivity contribution is 0.682. The van der Waals surface area contributed by atoms with Crippen molar-refractivity contribution in [1.29, 1.82) is 0 Å². The van der Waals surface area contributed by atoms with Gasteiger partial charge in [-0.25, -0.2) is 4.98 Å². The fourth-order valence-corrected chi connectivity index (χ4v) is 2.39.